The van der Waals surface area contributed by atoms with Crippen LogP contribution in [0.15, 0.2) is 0 Å². The van der Waals surface area contributed by atoms with Crippen LogP contribution in [0.2, 0.25) is 0 Å². The zero-order chi connectivity index (χ0) is 12.7. The number of hydrogen-bond donors (Lipinski definition) is 1. The Morgan fingerprint density at radius 1 is 0.875 bits per heavy atom. The zero-order valence-corrected chi connectivity index (χ0v) is 12.5. The van der Waals surface area contributed by atoms with E-state index < -0.39 is 9.39 Å². The van der Waals surface area contributed by atoms with Crippen molar-refractivity contribution < 1.29 is 5.11 Å². The van der Waals surface area contributed by atoms with Crippen molar-refractivity contribution >= 4 is 34.8 Å². The Hall–Kier alpha value is 0.830. The van der Waals surface area contributed by atoms with Crippen LogP contribution in [-0.4, -0.2) is 14.5 Å². The summed E-state index contributed by atoms with van der Waals surface area (Å²) in [5.41, 5.74) is -1.22. The van der Waals surface area contributed by atoms with E-state index in [-0.39, 0.29) is 0 Å². The number of aliphatic hydroxyl groups is 1. The molecule has 0 fully saturated rings. The average molecular weight is 290 g/mol. The van der Waals surface area contributed by atoms with E-state index >= 15 is 0 Å². The quantitative estimate of drug-likeness (QED) is 0.478. The number of alkyl halides is 3. The van der Waals surface area contributed by atoms with Crippen molar-refractivity contribution in [2.45, 2.75) is 74.6 Å². The summed E-state index contributed by atoms with van der Waals surface area (Å²) in [6.45, 7) is 3.79. The van der Waals surface area contributed by atoms with Gasteiger partial charge in [0.25, 0.3) is 0 Å². The second kappa shape index (κ2) is 8.02. The fourth-order valence-electron chi connectivity index (χ4n) is 1.57. The molecule has 0 aromatic rings. The normalized spacial score (nSPS) is 16.1. The number of hydrogen-bond acceptors (Lipinski definition) is 1. The van der Waals surface area contributed by atoms with Crippen LogP contribution in [0.5, 0.6) is 0 Å². The van der Waals surface area contributed by atoms with E-state index in [4.69, 9.17) is 34.8 Å². The first-order valence-corrected chi connectivity index (χ1v) is 7.24. The highest BCUT2D eigenvalue weighted by Gasteiger charge is 2.41. The molecule has 1 N–H and O–H groups in total. The molecule has 0 aromatic heterocycles. The first kappa shape index (κ1) is 16.8. The number of unbranched alkanes of at least 4 members (excludes halogenated alkanes) is 6. The molecule has 0 aliphatic carbocycles. The minimum absolute atomic E-state index is 0.539. The van der Waals surface area contributed by atoms with Crippen LogP contribution in [0.25, 0.3) is 0 Å². The SMILES string of the molecule is CCCCCCCCCC(C)(O)C(Cl)(Cl)Cl. The van der Waals surface area contributed by atoms with E-state index in [0.29, 0.717) is 6.42 Å². The van der Waals surface area contributed by atoms with Gasteiger partial charge in [-0.15, -0.1) is 0 Å². The second-order valence-electron chi connectivity index (χ2n) is 4.64. The van der Waals surface area contributed by atoms with E-state index in [1.54, 1.807) is 6.92 Å². The lowest BCUT2D eigenvalue weighted by molar-refractivity contribution is 0.0519. The second-order valence-corrected chi connectivity index (χ2v) is 6.92. The highest BCUT2D eigenvalue weighted by atomic mass is 35.6. The van der Waals surface area contributed by atoms with E-state index in [0.717, 1.165) is 12.8 Å². The molecular formula is C12H23Cl3O. The van der Waals surface area contributed by atoms with E-state index in [1.807, 2.05) is 0 Å². The molecule has 0 saturated heterocycles. The standard InChI is InChI=1S/C12H23Cl3O/c1-3-4-5-6-7-8-9-10-11(2,16)12(13,14)15/h16H,3-10H2,1-2H3. The maximum Gasteiger partial charge on any atom is 0.218 e. The third kappa shape index (κ3) is 7.21. The molecule has 98 valence electrons. The van der Waals surface area contributed by atoms with E-state index in [1.165, 1.54) is 32.1 Å². The summed E-state index contributed by atoms with van der Waals surface area (Å²) in [6.07, 6.45) is 8.90. The Bertz CT molecular complexity index is 176. The minimum atomic E-state index is -1.59. The Labute approximate surface area is 114 Å². The van der Waals surface area contributed by atoms with Crippen molar-refractivity contribution in [2.24, 2.45) is 0 Å². The molecule has 0 aromatic carbocycles. The van der Waals surface area contributed by atoms with Crippen molar-refractivity contribution in [1.29, 1.82) is 0 Å². The molecule has 0 rings (SSSR count). The Morgan fingerprint density at radius 3 is 1.75 bits per heavy atom. The van der Waals surface area contributed by atoms with Crippen LogP contribution < -0.4 is 0 Å². The summed E-state index contributed by atoms with van der Waals surface area (Å²) in [7, 11) is 0. The van der Waals surface area contributed by atoms with Gasteiger partial charge < -0.3 is 5.11 Å². The molecule has 0 aliphatic rings. The summed E-state index contributed by atoms with van der Waals surface area (Å²) in [4.78, 5) is 0. The summed E-state index contributed by atoms with van der Waals surface area (Å²) < 4.78 is -1.59. The first-order valence-electron chi connectivity index (χ1n) is 6.10. The van der Waals surface area contributed by atoms with Gasteiger partial charge in [-0.25, -0.2) is 0 Å². The molecule has 0 heterocycles. The summed E-state index contributed by atoms with van der Waals surface area (Å²) in [5.74, 6) is 0. The lowest BCUT2D eigenvalue weighted by Gasteiger charge is -2.30. The van der Waals surface area contributed by atoms with Crippen molar-refractivity contribution in [1.82, 2.24) is 0 Å². The highest BCUT2D eigenvalue weighted by molar-refractivity contribution is 6.68. The van der Waals surface area contributed by atoms with Crippen LogP contribution in [-0.2, 0) is 0 Å². The minimum Gasteiger partial charge on any atom is -0.386 e. The molecular weight excluding hydrogens is 266 g/mol. The fraction of sp³-hybridized carbons (Fsp3) is 1.00. The predicted octanol–water partition coefficient (Wildman–Crippen LogP) is 5.25. The monoisotopic (exact) mass is 288 g/mol. The third-order valence-corrected chi connectivity index (χ3v) is 4.10. The number of rotatable bonds is 8. The van der Waals surface area contributed by atoms with Gasteiger partial charge in [0.1, 0.15) is 5.60 Å². The van der Waals surface area contributed by atoms with Gasteiger partial charge in [-0.2, -0.15) is 0 Å². The van der Waals surface area contributed by atoms with Crippen LogP contribution >= 0.6 is 34.8 Å². The first-order chi connectivity index (χ1) is 7.31. The van der Waals surface area contributed by atoms with Crippen LogP contribution in [0, 0.1) is 0 Å². The fourth-order valence-corrected chi connectivity index (χ4v) is 1.85. The third-order valence-electron chi connectivity index (χ3n) is 2.88. The van der Waals surface area contributed by atoms with Gasteiger partial charge in [0.15, 0.2) is 0 Å². The molecule has 1 atom stereocenters. The number of halogens is 3. The summed E-state index contributed by atoms with van der Waals surface area (Å²) in [6, 6.07) is 0. The van der Waals surface area contributed by atoms with E-state index in [9.17, 15) is 5.11 Å². The average Bonchev–Trinajstić information content (AvgIpc) is 2.14. The van der Waals surface area contributed by atoms with Crippen molar-refractivity contribution in [2.75, 3.05) is 0 Å². The van der Waals surface area contributed by atoms with Gasteiger partial charge in [0.05, 0.1) is 0 Å². The van der Waals surface area contributed by atoms with Crippen molar-refractivity contribution in [3.8, 4) is 0 Å². The van der Waals surface area contributed by atoms with Crippen LogP contribution in [0.3, 0.4) is 0 Å². The van der Waals surface area contributed by atoms with Gasteiger partial charge in [0.2, 0.25) is 3.79 Å². The summed E-state index contributed by atoms with van der Waals surface area (Å²) in [5, 5.41) is 9.90. The smallest absolute Gasteiger partial charge is 0.218 e. The zero-order valence-electron chi connectivity index (χ0n) is 10.2. The molecule has 4 heteroatoms. The van der Waals surface area contributed by atoms with Gasteiger partial charge in [0, 0.05) is 0 Å². The molecule has 16 heavy (non-hydrogen) atoms. The Balaban J connectivity index is 3.51. The lowest BCUT2D eigenvalue weighted by Crippen LogP contribution is -2.39. The Kier molecular flexibility index (Phi) is 8.44. The molecule has 0 radical (unpaired) electrons. The Morgan fingerprint density at radius 2 is 1.31 bits per heavy atom. The lowest BCUT2D eigenvalue weighted by atomic mass is 9.99. The summed E-state index contributed by atoms with van der Waals surface area (Å²) >= 11 is 17.1. The topological polar surface area (TPSA) is 20.2 Å². The highest BCUT2D eigenvalue weighted by Crippen LogP contribution is 2.40. The molecule has 0 saturated carbocycles. The largest absolute Gasteiger partial charge is 0.386 e. The predicted molar refractivity (Wildman–Crippen MR) is 73.5 cm³/mol. The van der Waals surface area contributed by atoms with Gasteiger partial charge in [-0.3, -0.25) is 0 Å². The van der Waals surface area contributed by atoms with Crippen LogP contribution in [0.1, 0.15) is 65.2 Å². The molecule has 1 nitrogen and oxygen atoms in total. The van der Waals surface area contributed by atoms with Crippen LogP contribution in [0.4, 0.5) is 0 Å². The maximum atomic E-state index is 9.90. The molecule has 0 bridgehead atoms. The van der Waals surface area contributed by atoms with Crippen molar-refractivity contribution in [3.05, 3.63) is 0 Å². The van der Waals surface area contributed by atoms with Crippen molar-refractivity contribution in [3.63, 3.8) is 0 Å². The molecule has 0 aliphatic heterocycles. The molecule has 0 spiro atoms. The maximum absolute atomic E-state index is 9.90. The van der Waals surface area contributed by atoms with Gasteiger partial charge in [-0.05, 0) is 13.3 Å². The molecule has 0 amide bonds. The molecule has 1 unspecified atom stereocenters. The van der Waals surface area contributed by atoms with Gasteiger partial charge >= 0.3 is 0 Å². The van der Waals surface area contributed by atoms with Gasteiger partial charge in [-0.1, -0.05) is 86.7 Å². The van der Waals surface area contributed by atoms with E-state index in [2.05, 4.69) is 6.92 Å².